The van der Waals surface area contributed by atoms with Gasteiger partial charge in [-0.25, -0.2) is 0 Å². The summed E-state index contributed by atoms with van der Waals surface area (Å²) in [6.07, 6.45) is 0.507. The molecule has 1 aliphatic carbocycles. The quantitative estimate of drug-likeness (QED) is 0.782. The van der Waals surface area contributed by atoms with Crippen molar-refractivity contribution < 1.29 is 19.1 Å². The lowest BCUT2D eigenvalue weighted by atomic mass is 9.96. The van der Waals surface area contributed by atoms with Crippen molar-refractivity contribution in [2.75, 3.05) is 13.7 Å². The molecule has 0 unspecified atom stereocenters. The Morgan fingerprint density at radius 2 is 2.00 bits per heavy atom. The summed E-state index contributed by atoms with van der Waals surface area (Å²) in [6.45, 7) is 4.79. The van der Waals surface area contributed by atoms with Gasteiger partial charge in [-0.1, -0.05) is 19.1 Å². The highest BCUT2D eigenvalue weighted by Gasteiger charge is 2.64. The number of piperidine rings is 1. The largest absolute Gasteiger partial charge is 0.497 e. The maximum Gasteiger partial charge on any atom is 0.311 e. The maximum atomic E-state index is 12.4. The number of ether oxygens (including phenoxy) is 2. The average molecular weight is 317 g/mol. The van der Waals surface area contributed by atoms with E-state index in [1.807, 2.05) is 36.1 Å². The van der Waals surface area contributed by atoms with E-state index < -0.39 is 0 Å². The Kier molecular flexibility index (Phi) is 4.28. The van der Waals surface area contributed by atoms with Crippen LogP contribution >= 0.6 is 0 Å². The molecule has 5 heteroatoms. The van der Waals surface area contributed by atoms with Crippen molar-refractivity contribution in [2.24, 2.45) is 17.8 Å². The first-order valence-electron chi connectivity index (χ1n) is 8.15. The van der Waals surface area contributed by atoms with Gasteiger partial charge in [-0.15, -0.1) is 0 Å². The first-order valence-corrected chi connectivity index (χ1v) is 8.15. The third-order valence-electron chi connectivity index (χ3n) is 4.94. The Morgan fingerprint density at radius 3 is 2.61 bits per heavy atom. The molecule has 124 valence electrons. The SMILES string of the molecule is CCOC(=O)[C@@H]1[C@@H]2[C@H]1N(Cc1ccc(OC)cc1)C(=O)C[C@H]2C. The average Bonchev–Trinajstić information content (AvgIpc) is 3.28. The van der Waals surface area contributed by atoms with Crippen molar-refractivity contribution >= 4 is 11.9 Å². The summed E-state index contributed by atoms with van der Waals surface area (Å²) in [6, 6.07) is 7.69. The van der Waals surface area contributed by atoms with E-state index in [1.54, 1.807) is 7.11 Å². The van der Waals surface area contributed by atoms with Crippen molar-refractivity contribution in [3.8, 4) is 5.75 Å². The van der Waals surface area contributed by atoms with Gasteiger partial charge < -0.3 is 14.4 Å². The van der Waals surface area contributed by atoms with E-state index in [0.717, 1.165) is 11.3 Å². The van der Waals surface area contributed by atoms with Gasteiger partial charge in [0.1, 0.15) is 5.75 Å². The molecule has 1 aromatic carbocycles. The summed E-state index contributed by atoms with van der Waals surface area (Å²) in [7, 11) is 1.63. The van der Waals surface area contributed by atoms with Gasteiger partial charge in [-0.3, -0.25) is 9.59 Å². The molecular weight excluding hydrogens is 294 g/mol. The molecule has 5 nitrogen and oxygen atoms in total. The second kappa shape index (κ2) is 6.22. The van der Waals surface area contributed by atoms with Gasteiger partial charge in [0.2, 0.25) is 5.91 Å². The van der Waals surface area contributed by atoms with Crippen molar-refractivity contribution in [1.29, 1.82) is 0 Å². The Morgan fingerprint density at radius 1 is 1.30 bits per heavy atom. The number of rotatable bonds is 5. The molecule has 1 amide bonds. The summed E-state index contributed by atoms with van der Waals surface area (Å²) in [5, 5.41) is 0. The molecule has 0 radical (unpaired) electrons. The van der Waals surface area contributed by atoms with E-state index in [-0.39, 0.29) is 35.7 Å². The number of esters is 1. The van der Waals surface area contributed by atoms with Gasteiger partial charge in [0, 0.05) is 19.0 Å². The highest BCUT2D eigenvalue weighted by molar-refractivity contribution is 5.84. The van der Waals surface area contributed by atoms with E-state index in [1.165, 1.54) is 0 Å². The zero-order valence-electron chi connectivity index (χ0n) is 13.8. The first-order chi connectivity index (χ1) is 11.1. The van der Waals surface area contributed by atoms with Crippen LogP contribution in [0.25, 0.3) is 0 Å². The van der Waals surface area contributed by atoms with Crippen molar-refractivity contribution in [2.45, 2.75) is 32.9 Å². The molecule has 0 N–H and O–H groups in total. The number of carbonyl (C=O) groups is 2. The fourth-order valence-electron chi connectivity index (χ4n) is 3.76. The highest BCUT2D eigenvalue weighted by Crippen LogP contribution is 2.53. The second-order valence-corrected chi connectivity index (χ2v) is 6.40. The molecule has 1 aliphatic heterocycles. The summed E-state index contributed by atoms with van der Waals surface area (Å²) in [4.78, 5) is 26.4. The second-order valence-electron chi connectivity index (χ2n) is 6.40. The van der Waals surface area contributed by atoms with Gasteiger partial charge in [0.15, 0.2) is 0 Å². The fraction of sp³-hybridized carbons (Fsp3) is 0.556. The molecule has 0 aromatic heterocycles. The predicted molar refractivity (Wildman–Crippen MR) is 84.7 cm³/mol. The van der Waals surface area contributed by atoms with Crippen LogP contribution in [0.3, 0.4) is 0 Å². The number of nitrogens with zero attached hydrogens (tertiary/aromatic N) is 1. The molecule has 2 aliphatic rings. The van der Waals surface area contributed by atoms with Crippen LogP contribution in [0.2, 0.25) is 0 Å². The standard InChI is InChI=1S/C18H23NO4/c1-4-23-18(21)16-15-11(2)9-14(20)19(17(15)16)10-12-5-7-13(22-3)8-6-12/h5-8,11,15-17H,4,9-10H2,1-3H3/t11-,15-,16-,17-/m1/s1. The Labute approximate surface area is 136 Å². The summed E-state index contributed by atoms with van der Waals surface area (Å²) >= 11 is 0. The first kappa shape index (κ1) is 15.8. The van der Waals surface area contributed by atoms with Crippen molar-refractivity contribution in [3.63, 3.8) is 0 Å². The molecule has 1 saturated heterocycles. The highest BCUT2D eigenvalue weighted by atomic mass is 16.5. The minimum absolute atomic E-state index is 0.00704. The molecule has 3 rings (SSSR count). The monoisotopic (exact) mass is 317 g/mol. The Balaban J connectivity index is 1.75. The number of carbonyl (C=O) groups excluding carboxylic acids is 2. The number of methoxy groups -OCH3 is 1. The van der Waals surface area contributed by atoms with Crippen LogP contribution in [0.1, 0.15) is 25.8 Å². The zero-order chi connectivity index (χ0) is 16.6. The topological polar surface area (TPSA) is 55.8 Å². The Bertz CT molecular complexity index is 598. The van der Waals surface area contributed by atoms with E-state index in [0.29, 0.717) is 19.6 Å². The van der Waals surface area contributed by atoms with Crippen LogP contribution in [0, 0.1) is 17.8 Å². The van der Waals surface area contributed by atoms with Gasteiger partial charge >= 0.3 is 5.97 Å². The minimum Gasteiger partial charge on any atom is -0.497 e. The molecule has 2 fully saturated rings. The van der Waals surface area contributed by atoms with E-state index in [4.69, 9.17) is 9.47 Å². The van der Waals surface area contributed by atoms with Crippen LogP contribution < -0.4 is 4.74 Å². The maximum absolute atomic E-state index is 12.4. The zero-order valence-corrected chi connectivity index (χ0v) is 13.8. The lowest BCUT2D eigenvalue weighted by molar-refractivity contribution is -0.145. The van der Waals surface area contributed by atoms with Gasteiger partial charge in [0.25, 0.3) is 0 Å². The minimum atomic E-state index is -0.163. The molecule has 23 heavy (non-hydrogen) atoms. The molecule has 1 saturated carbocycles. The van der Waals surface area contributed by atoms with Gasteiger partial charge in [-0.05, 0) is 36.5 Å². The van der Waals surface area contributed by atoms with Crippen LogP contribution in [0.15, 0.2) is 24.3 Å². The van der Waals surface area contributed by atoms with E-state index in [2.05, 4.69) is 6.92 Å². The third-order valence-corrected chi connectivity index (χ3v) is 4.94. The van der Waals surface area contributed by atoms with Gasteiger partial charge in [0.05, 0.1) is 19.6 Å². The van der Waals surface area contributed by atoms with Crippen molar-refractivity contribution in [1.82, 2.24) is 4.90 Å². The van der Waals surface area contributed by atoms with Crippen molar-refractivity contribution in [3.05, 3.63) is 29.8 Å². The van der Waals surface area contributed by atoms with Crippen LogP contribution in [-0.2, 0) is 20.9 Å². The van der Waals surface area contributed by atoms with Crippen LogP contribution in [0.5, 0.6) is 5.75 Å². The number of fused-ring (bicyclic) bond motifs is 1. The molecule has 4 atom stereocenters. The molecule has 1 heterocycles. The molecule has 0 spiro atoms. The van der Waals surface area contributed by atoms with Crippen LogP contribution in [-0.4, -0.2) is 36.5 Å². The molecule has 0 bridgehead atoms. The predicted octanol–water partition coefficient (Wildman–Crippen LogP) is 2.24. The fourth-order valence-corrected chi connectivity index (χ4v) is 3.76. The Hall–Kier alpha value is -2.04. The molecular formula is C18H23NO4. The summed E-state index contributed by atoms with van der Waals surface area (Å²) in [5.41, 5.74) is 1.04. The normalized spacial score (nSPS) is 29.0. The number of likely N-dealkylation sites (tertiary alicyclic amines) is 1. The van der Waals surface area contributed by atoms with E-state index in [9.17, 15) is 9.59 Å². The number of amides is 1. The summed E-state index contributed by atoms with van der Waals surface area (Å²) < 4.78 is 10.3. The number of hydrogen-bond acceptors (Lipinski definition) is 4. The van der Waals surface area contributed by atoms with E-state index >= 15 is 0 Å². The van der Waals surface area contributed by atoms with Gasteiger partial charge in [-0.2, -0.15) is 0 Å². The molecule has 1 aromatic rings. The number of benzene rings is 1. The third kappa shape index (κ3) is 2.92. The summed E-state index contributed by atoms with van der Waals surface area (Å²) in [5.74, 6) is 1.08. The smallest absolute Gasteiger partial charge is 0.311 e. The lowest BCUT2D eigenvalue weighted by Gasteiger charge is -2.29. The van der Waals surface area contributed by atoms with Crippen LogP contribution in [0.4, 0.5) is 0 Å². The lowest BCUT2D eigenvalue weighted by Crippen LogP contribution is -2.39. The number of hydrogen-bond donors (Lipinski definition) is 0.